The molecule has 0 aromatic heterocycles. The Morgan fingerprint density at radius 2 is 0.556 bits per heavy atom. The van der Waals surface area contributed by atoms with Gasteiger partial charge < -0.3 is 14.6 Å². The van der Waals surface area contributed by atoms with E-state index in [0.29, 0.717) is 12.8 Å². The van der Waals surface area contributed by atoms with Gasteiger partial charge in [0, 0.05) is 12.8 Å². The molecule has 0 fully saturated rings. The van der Waals surface area contributed by atoms with Gasteiger partial charge in [0.1, 0.15) is 6.61 Å². The lowest BCUT2D eigenvalue weighted by Crippen LogP contribution is -2.28. The number of rotatable bonds is 60. The number of ether oxygens (including phenoxy) is 2. The lowest BCUT2D eigenvalue weighted by Gasteiger charge is -2.15. The summed E-state index contributed by atoms with van der Waals surface area (Å²) < 4.78 is 10.7. The number of hydrogen-bond donors (Lipinski definition) is 1. The molecular weight excluding hydrogens is 885 g/mol. The van der Waals surface area contributed by atoms with Crippen molar-refractivity contribution in [2.45, 2.75) is 354 Å². The molecule has 0 spiro atoms. The summed E-state index contributed by atoms with van der Waals surface area (Å²) in [5.41, 5.74) is 0. The second kappa shape index (κ2) is 63.2. The minimum atomic E-state index is -0.772. The second-order valence-electron chi connectivity index (χ2n) is 21.8. The molecule has 5 nitrogen and oxygen atoms in total. The highest BCUT2D eigenvalue weighted by Crippen LogP contribution is 2.18. The maximum absolute atomic E-state index is 12.3. The van der Waals surface area contributed by atoms with Crippen LogP contribution in [0.4, 0.5) is 0 Å². The molecule has 0 saturated carbocycles. The summed E-state index contributed by atoms with van der Waals surface area (Å²) in [5, 5.41) is 9.67. The third-order valence-corrected chi connectivity index (χ3v) is 14.6. The van der Waals surface area contributed by atoms with Crippen molar-refractivity contribution in [2.75, 3.05) is 13.2 Å². The normalized spacial score (nSPS) is 12.4. The van der Waals surface area contributed by atoms with Gasteiger partial charge in [-0.1, -0.05) is 306 Å². The van der Waals surface area contributed by atoms with Gasteiger partial charge in [0.05, 0.1) is 6.61 Å². The molecule has 0 amide bonds. The molecule has 72 heavy (non-hydrogen) atoms. The molecule has 0 rings (SSSR count). The van der Waals surface area contributed by atoms with Crippen LogP contribution in [-0.2, 0) is 19.1 Å². The Balaban J connectivity index is 3.41. The average molecular weight is 1010 g/mol. The first-order valence-electron chi connectivity index (χ1n) is 32.2. The van der Waals surface area contributed by atoms with E-state index in [1.165, 1.54) is 270 Å². The Kier molecular flexibility index (Phi) is 61.3. The number of hydrogen-bond acceptors (Lipinski definition) is 5. The molecule has 0 aliphatic rings. The third-order valence-electron chi connectivity index (χ3n) is 14.6. The highest BCUT2D eigenvalue weighted by Gasteiger charge is 2.16. The van der Waals surface area contributed by atoms with Crippen LogP contribution >= 0.6 is 0 Å². The van der Waals surface area contributed by atoms with Crippen LogP contribution in [0.5, 0.6) is 0 Å². The molecule has 0 saturated heterocycles. The largest absolute Gasteiger partial charge is 0.462 e. The molecule has 0 bridgehead atoms. The zero-order valence-corrected chi connectivity index (χ0v) is 48.5. The molecule has 0 aromatic carbocycles. The van der Waals surface area contributed by atoms with Crippen LogP contribution in [0.25, 0.3) is 0 Å². The van der Waals surface area contributed by atoms with Crippen molar-refractivity contribution in [2.24, 2.45) is 0 Å². The number of esters is 2. The lowest BCUT2D eigenvalue weighted by molar-refractivity contribution is -0.161. The summed E-state index contributed by atoms with van der Waals surface area (Å²) in [6.45, 7) is 4.17. The van der Waals surface area contributed by atoms with E-state index in [-0.39, 0.29) is 25.2 Å². The highest BCUT2D eigenvalue weighted by molar-refractivity contribution is 5.70. The number of unbranched alkanes of at least 4 members (excludes halogenated alkanes) is 44. The van der Waals surface area contributed by atoms with E-state index in [0.717, 1.165) is 51.4 Å². The summed E-state index contributed by atoms with van der Waals surface area (Å²) >= 11 is 0. The molecule has 0 aliphatic heterocycles. The van der Waals surface area contributed by atoms with E-state index >= 15 is 0 Å². The van der Waals surface area contributed by atoms with Crippen LogP contribution < -0.4 is 0 Å². The number of carbonyl (C=O) groups excluding carboxylic acids is 2. The summed E-state index contributed by atoms with van der Waals surface area (Å²) in [5.74, 6) is -0.575. The van der Waals surface area contributed by atoms with Gasteiger partial charge in [-0.25, -0.2) is 0 Å². The van der Waals surface area contributed by atoms with Gasteiger partial charge in [-0.05, 0) is 77.0 Å². The third kappa shape index (κ3) is 60.4. The first-order chi connectivity index (χ1) is 35.6. The van der Waals surface area contributed by atoms with Crippen LogP contribution in [0.3, 0.4) is 0 Å². The number of aliphatic hydroxyl groups excluding tert-OH is 1. The molecule has 0 aliphatic carbocycles. The lowest BCUT2D eigenvalue weighted by atomic mass is 10.0. The van der Waals surface area contributed by atoms with E-state index in [2.05, 4.69) is 62.5 Å². The molecule has 422 valence electrons. The van der Waals surface area contributed by atoms with Crippen LogP contribution in [0.2, 0.25) is 0 Å². The summed E-state index contributed by atoms with van der Waals surface area (Å²) in [4.78, 5) is 24.6. The van der Waals surface area contributed by atoms with E-state index in [1.807, 2.05) is 0 Å². The maximum atomic E-state index is 12.3. The maximum Gasteiger partial charge on any atom is 0.306 e. The topological polar surface area (TPSA) is 72.8 Å². The van der Waals surface area contributed by atoms with Gasteiger partial charge >= 0.3 is 11.9 Å². The van der Waals surface area contributed by atoms with Crippen molar-refractivity contribution in [3.63, 3.8) is 0 Å². The quantitative estimate of drug-likeness (QED) is 0.0373. The van der Waals surface area contributed by atoms with E-state index in [9.17, 15) is 14.7 Å². The summed E-state index contributed by atoms with van der Waals surface area (Å²) in [6, 6.07) is 0. The minimum Gasteiger partial charge on any atom is -0.462 e. The first kappa shape index (κ1) is 69.9. The molecule has 1 N–H and O–H groups in total. The van der Waals surface area contributed by atoms with Gasteiger partial charge in [0.15, 0.2) is 6.10 Å². The van der Waals surface area contributed by atoms with E-state index in [1.54, 1.807) is 0 Å². The van der Waals surface area contributed by atoms with Crippen LogP contribution in [0.1, 0.15) is 348 Å². The smallest absolute Gasteiger partial charge is 0.306 e. The minimum absolute atomic E-state index is 0.0626. The van der Waals surface area contributed by atoms with E-state index in [4.69, 9.17) is 9.47 Å². The molecule has 5 heteroatoms. The average Bonchev–Trinajstić information content (AvgIpc) is 3.38. The van der Waals surface area contributed by atoms with E-state index < -0.39 is 6.10 Å². The Morgan fingerprint density at radius 1 is 0.319 bits per heavy atom. The van der Waals surface area contributed by atoms with Crippen molar-refractivity contribution in [1.82, 2.24) is 0 Å². The molecule has 0 radical (unpaired) electrons. The van der Waals surface area contributed by atoms with Crippen molar-refractivity contribution in [3.05, 3.63) is 48.6 Å². The summed E-state index contributed by atoms with van der Waals surface area (Å²) in [6.07, 6.45) is 84.1. The first-order valence-corrected chi connectivity index (χ1v) is 32.2. The standard InChI is InChI=1S/C67H124O5/c1-3-5-7-9-11-13-15-17-19-21-23-25-26-27-28-29-30-31-32-33-34-35-36-37-38-39-40-42-44-46-48-50-52-54-56-58-60-62-67(70)72-65(63-68)64-71-66(69)61-59-57-55-53-51-49-47-45-43-41-24-22-20-18-16-14-12-10-8-6-4-2/h15,17,21-24,26-27,65,68H,3-14,16,18-20,25,28-64H2,1-2H3/b17-15-,23-21-,24-22-,27-26-. The zero-order valence-electron chi connectivity index (χ0n) is 48.5. The predicted molar refractivity (Wildman–Crippen MR) is 316 cm³/mol. The highest BCUT2D eigenvalue weighted by atomic mass is 16.6. The molecule has 0 heterocycles. The number of allylic oxidation sites excluding steroid dienone is 8. The van der Waals surface area contributed by atoms with Gasteiger partial charge in [-0.2, -0.15) is 0 Å². The fourth-order valence-electron chi connectivity index (χ4n) is 9.74. The number of carbonyl (C=O) groups is 2. The predicted octanol–water partition coefficient (Wildman–Crippen LogP) is 22.0. The van der Waals surface area contributed by atoms with Crippen LogP contribution in [0, 0.1) is 0 Å². The molecule has 0 aromatic rings. The molecule has 1 unspecified atom stereocenters. The monoisotopic (exact) mass is 1010 g/mol. The number of aliphatic hydroxyl groups is 1. The Bertz CT molecular complexity index is 1190. The second-order valence-corrected chi connectivity index (χ2v) is 21.8. The summed E-state index contributed by atoms with van der Waals surface area (Å²) in [7, 11) is 0. The van der Waals surface area contributed by atoms with Crippen molar-refractivity contribution >= 4 is 11.9 Å². The Morgan fingerprint density at radius 3 is 0.847 bits per heavy atom. The van der Waals surface area contributed by atoms with Crippen molar-refractivity contribution in [1.29, 1.82) is 0 Å². The van der Waals surface area contributed by atoms with Crippen LogP contribution in [0.15, 0.2) is 48.6 Å². The van der Waals surface area contributed by atoms with Gasteiger partial charge in [-0.3, -0.25) is 9.59 Å². The van der Waals surface area contributed by atoms with Gasteiger partial charge in [-0.15, -0.1) is 0 Å². The van der Waals surface area contributed by atoms with Gasteiger partial charge in [0.25, 0.3) is 0 Å². The fraction of sp³-hybridized carbons (Fsp3) is 0.851. The Hall–Kier alpha value is -2.14. The molecular formula is C67H124O5. The zero-order chi connectivity index (χ0) is 52.0. The molecule has 1 atom stereocenters. The van der Waals surface area contributed by atoms with Crippen LogP contribution in [-0.4, -0.2) is 36.4 Å². The van der Waals surface area contributed by atoms with Crippen molar-refractivity contribution < 1.29 is 24.2 Å². The fourth-order valence-corrected chi connectivity index (χ4v) is 9.74. The van der Waals surface area contributed by atoms with Gasteiger partial charge in [0.2, 0.25) is 0 Å². The SMILES string of the molecule is CCCCCCC/C=C\C/C=C\C/C=C\CCCCCCCCCCCCCCCCCCCCCCCCC(=O)OC(CO)COC(=O)CCCCCCCCCCC/C=C\CCCCCCCCCC. The van der Waals surface area contributed by atoms with Crippen molar-refractivity contribution in [3.8, 4) is 0 Å². The Labute approximate surface area is 449 Å².